The van der Waals surface area contributed by atoms with E-state index in [-0.39, 0.29) is 23.0 Å². The molecule has 0 saturated heterocycles. The molecule has 29 heavy (non-hydrogen) atoms. The molecule has 0 bridgehead atoms. The van der Waals surface area contributed by atoms with Crippen molar-refractivity contribution in [2.45, 2.75) is 5.16 Å². The summed E-state index contributed by atoms with van der Waals surface area (Å²) in [5.74, 6) is 6.40. The zero-order valence-corrected chi connectivity index (χ0v) is 17.2. The molecule has 0 radical (unpaired) electrons. The maximum atomic E-state index is 13.9. The van der Waals surface area contributed by atoms with Crippen LogP contribution in [0.15, 0.2) is 53.7 Å². The Balaban J connectivity index is 1.50. The molecule has 1 aromatic heterocycles. The predicted molar refractivity (Wildman–Crippen MR) is 111 cm³/mol. The molecule has 0 unspecified atom stereocenters. The van der Waals surface area contributed by atoms with Gasteiger partial charge in [0.2, 0.25) is 11.1 Å². The van der Waals surface area contributed by atoms with E-state index in [0.29, 0.717) is 29.1 Å². The van der Waals surface area contributed by atoms with Crippen LogP contribution in [-0.2, 0) is 4.79 Å². The second-order valence-electron chi connectivity index (χ2n) is 6.06. The summed E-state index contributed by atoms with van der Waals surface area (Å²) in [7, 11) is 1.69. The number of benzene rings is 2. The first-order valence-electron chi connectivity index (χ1n) is 8.66. The number of likely N-dealkylation sites (N-methyl/N-ethyl adjacent to an activating group) is 1. The Kier molecular flexibility index (Phi) is 6.95. The molecule has 0 fully saturated rings. The number of ether oxygens (including phenoxy) is 1. The molecule has 0 aliphatic heterocycles. The zero-order valence-electron chi connectivity index (χ0n) is 15.6. The second-order valence-corrected chi connectivity index (χ2v) is 7.44. The molecule has 0 aliphatic rings. The van der Waals surface area contributed by atoms with Gasteiger partial charge in [-0.25, -0.2) is 9.07 Å². The molecule has 152 valence electrons. The van der Waals surface area contributed by atoms with Crippen LogP contribution in [0.3, 0.4) is 0 Å². The number of nitrogens with two attached hydrogens (primary N) is 1. The highest BCUT2D eigenvalue weighted by Crippen LogP contribution is 2.23. The minimum atomic E-state index is -0.445. The molecule has 1 heterocycles. The third-order valence-corrected chi connectivity index (χ3v) is 5.22. The fourth-order valence-electron chi connectivity index (χ4n) is 2.39. The van der Waals surface area contributed by atoms with Gasteiger partial charge >= 0.3 is 0 Å². The SMILES string of the molecule is CN(CCOc1ccc(Cl)cc1)C(=O)CSc1nnc(-c2ccccc2F)n1N. The summed E-state index contributed by atoms with van der Waals surface area (Å²) in [5, 5.41) is 8.84. The maximum Gasteiger partial charge on any atom is 0.232 e. The molecule has 3 aromatic rings. The van der Waals surface area contributed by atoms with Crippen molar-refractivity contribution >= 4 is 29.3 Å². The zero-order chi connectivity index (χ0) is 20.8. The summed E-state index contributed by atoms with van der Waals surface area (Å²) >= 11 is 6.96. The number of aromatic nitrogens is 3. The van der Waals surface area contributed by atoms with Gasteiger partial charge < -0.3 is 15.5 Å². The van der Waals surface area contributed by atoms with Crippen molar-refractivity contribution in [1.82, 2.24) is 19.8 Å². The third-order valence-electron chi connectivity index (χ3n) is 4.04. The predicted octanol–water partition coefficient (Wildman–Crippen LogP) is 3.08. The van der Waals surface area contributed by atoms with Crippen molar-refractivity contribution in [2.24, 2.45) is 0 Å². The Hall–Kier alpha value is -2.78. The van der Waals surface area contributed by atoms with Crippen LogP contribution in [0.25, 0.3) is 11.4 Å². The van der Waals surface area contributed by atoms with Crippen molar-refractivity contribution in [3.8, 4) is 17.1 Å². The number of hydrogen-bond donors (Lipinski definition) is 1. The first-order chi connectivity index (χ1) is 14.0. The van der Waals surface area contributed by atoms with Crippen LogP contribution in [-0.4, -0.2) is 51.6 Å². The number of rotatable bonds is 8. The van der Waals surface area contributed by atoms with Gasteiger partial charge in [-0.05, 0) is 36.4 Å². The summed E-state index contributed by atoms with van der Waals surface area (Å²) in [6.07, 6.45) is 0. The van der Waals surface area contributed by atoms with E-state index in [0.717, 1.165) is 11.8 Å². The smallest absolute Gasteiger partial charge is 0.232 e. The van der Waals surface area contributed by atoms with Gasteiger partial charge in [-0.2, -0.15) is 0 Å². The van der Waals surface area contributed by atoms with E-state index in [1.54, 1.807) is 54.4 Å². The van der Waals surface area contributed by atoms with Crippen molar-refractivity contribution in [2.75, 3.05) is 31.8 Å². The molecule has 10 heteroatoms. The summed E-state index contributed by atoms with van der Waals surface area (Å²) in [5.41, 5.74) is 0.247. The van der Waals surface area contributed by atoms with Crippen LogP contribution in [0.5, 0.6) is 5.75 Å². The van der Waals surface area contributed by atoms with E-state index in [9.17, 15) is 9.18 Å². The maximum absolute atomic E-state index is 13.9. The van der Waals surface area contributed by atoms with E-state index in [4.69, 9.17) is 22.2 Å². The number of carbonyl (C=O) groups is 1. The molecule has 0 saturated carbocycles. The van der Waals surface area contributed by atoms with Crippen molar-refractivity contribution in [3.63, 3.8) is 0 Å². The van der Waals surface area contributed by atoms with Crippen LogP contribution in [0.4, 0.5) is 4.39 Å². The summed E-state index contributed by atoms with van der Waals surface area (Å²) in [6.45, 7) is 0.761. The fourth-order valence-corrected chi connectivity index (χ4v) is 3.32. The average molecular weight is 436 g/mol. The van der Waals surface area contributed by atoms with E-state index in [1.165, 1.54) is 10.7 Å². The largest absolute Gasteiger partial charge is 0.492 e. The van der Waals surface area contributed by atoms with Crippen LogP contribution in [0.2, 0.25) is 5.02 Å². The average Bonchev–Trinajstić information content (AvgIpc) is 3.08. The molecular weight excluding hydrogens is 417 g/mol. The lowest BCUT2D eigenvalue weighted by molar-refractivity contribution is -0.127. The monoisotopic (exact) mass is 435 g/mol. The molecular formula is C19H19ClFN5O2S. The summed E-state index contributed by atoms with van der Waals surface area (Å²) in [6, 6.07) is 13.2. The first-order valence-corrected chi connectivity index (χ1v) is 10.0. The van der Waals surface area contributed by atoms with Crippen LogP contribution in [0, 0.1) is 5.82 Å². The molecule has 0 spiro atoms. The van der Waals surface area contributed by atoms with Crippen molar-refractivity contribution in [3.05, 3.63) is 59.4 Å². The lowest BCUT2D eigenvalue weighted by Crippen LogP contribution is -2.32. The number of amides is 1. The quantitative estimate of drug-likeness (QED) is 0.432. The lowest BCUT2D eigenvalue weighted by Gasteiger charge is -2.17. The Morgan fingerprint density at radius 1 is 1.24 bits per heavy atom. The number of carbonyl (C=O) groups excluding carboxylic acids is 1. The second kappa shape index (κ2) is 9.62. The number of nitrogens with zero attached hydrogens (tertiary/aromatic N) is 4. The Morgan fingerprint density at radius 3 is 2.69 bits per heavy atom. The van der Waals surface area contributed by atoms with Gasteiger partial charge in [0.1, 0.15) is 18.2 Å². The standard InChI is InChI=1S/C19H19ClFN5O2S/c1-25(10-11-28-14-8-6-13(20)7-9-14)17(27)12-29-19-24-23-18(26(19)22)15-4-2-3-5-16(15)21/h2-9H,10-12,22H2,1H3. The van der Waals surface area contributed by atoms with Gasteiger partial charge in [0.05, 0.1) is 17.9 Å². The molecule has 1 amide bonds. The molecule has 0 aliphatic carbocycles. The van der Waals surface area contributed by atoms with E-state index in [2.05, 4.69) is 10.2 Å². The number of nitrogen functional groups attached to an aromatic ring is 1. The highest BCUT2D eigenvalue weighted by atomic mass is 35.5. The highest BCUT2D eigenvalue weighted by molar-refractivity contribution is 7.99. The van der Waals surface area contributed by atoms with E-state index < -0.39 is 5.82 Å². The van der Waals surface area contributed by atoms with Gasteiger partial charge in [-0.3, -0.25) is 4.79 Å². The highest BCUT2D eigenvalue weighted by Gasteiger charge is 2.17. The van der Waals surface area contributed by atoms with Gasteiger partial charge in [0.25, 0.3) is 0 Å². The fraction of sp³-hybridized carbons (Fsp3) is 0.211. The van der Waals surface area contributed by atoms with Crippen LogP contribution >= 0.6 is 23.4 Å². The Labute approximate surface area is 176 Å². The van der Waals surface area contributed by atoms with Gasteiger partial charge in [0, 0.05) is 12.1 Å². The minimum Gasteiger partial charge on any atom is -0.492 e. The molecule has 2 N–H and O–H groups in total. The van der Waals surface area contributed by atoms with Crippen LogP contribution < -0.4 is 10.6 Å². The molecule has 0 atom stereocenters. The molecule has 3 rings (SSSR count). The van der Waals surface area contributed by atoms with Gasteiger partial charge in [0.15, 0.2) is 5.82 Å². The molecule has 2 aromatic carbocycles. The van der Waals surface area contributed by atoms with Crippen molar-refractivity contribution in [1.29, 1.82) is 0 Å². The Bertz CT molecular complexity index is 983. The van der Waals surface area contributed by atoms with Gasteiger partial charge in [-0.1, -0.05) is 35.5 Å². The minimum absolute atomic E-state index is 0.115. The number of thioether (sulfide) groups is 1. The van der Waals surface area contributed by atoms with Crippen molar-refractivity contribution < 1.29 is 13.9 Å². The molecule has 7 nitrogen and oxygen atoms in total. The number of hydrogen-bond acceptors (Lipinski definition) is 6. The van der Waals surface area contributed by atoms with Gasteiger partial charge in [-0.15, -0.1) is 10.2 Å². The Morgan fingerprint density at radius 2 is 1.97 bits per heavy atom. The summed E-state index contributed by atoms with van der Waals surface area (Å²) in [4.78, 5) is 13.9. The van der Waals surface area contributed by atoms with E-state index in [1.807, 2.05) is 0 Å². The number of halogens is 2. The third kappa shape index (κ3) is 5.39. The lowest BCUT2D eigenvalue weighted by atomic mass is 10.2. The topological polar surface area (TPSA) is 86.3 Å². The normalized spacial score (nSPS) is 10.7. The first kappa shape index (κ1) is 20.9. The van der Waals surface area contributed by atoms with Crippen LogP contribution in [0.1, 0.15) is 0 Å². The van der Waals surface area contributed by atoms with E-state index >= 15 is 0 Å². The summed E-state index contributed by atoms with van der Waals surface area (Å²) < 4.78 is 20.7.